The molecule has 15 heavy (non-hydrogen) atoms. The van der Waals surface area contributed by atoms with Crippen LogP contribution >= 0.6 is 0 Å². The van der Waals surface area contributed by atoms with E-state index in [0.29, 0.717) is 5.92 Å². The van der Waals surface area contributed by atoms with Crippen molar-refractivity contribution in [3.8, 4) is 0 Å². The van der Waals surface area contributed by atoms with Gasteiger partial charge in [0.1, 0.15) is 0 Å². The normalized spacial score (nSPS) is 21.3. The largest absolute Gasteiger partial charge is 0.465 e. The molecule has 1 amide bonds. The summed E-state index contributed by atoms with van der Waals surface area (Å²) >= 11 is 0. The van der Waals surface area contributed by atoms with E-state index in [2.05, 4.69) is 18.7 Å². The highest BCUT2D eigenvalue weighted by Gasteiger charge is 2.25. The maximum atomic E-state index is 10.7. The van der Waals surface area contributed by atoms with Crippen molar-refractivity contribution in [3.05, 3.63) is 0 Å². The van der Waals surface area contributed by atoms with Gasteiger partial charge in [-0.2, -0.15) is 0 Å². The maximum Gasteiger partial charge on any atom is 0.407 e. The van der Waals surface area contributed by atoms with Crippen LogP contribution in [-0.4, -0.2) is 53.7 Å². The molecule has 1 N–H and O–H groups in total. The summed E-state index contributed by atoms with van der Waals surface area (Å²) in [6.45, 7) is 9.07. The van der Waals surface area contributed by atoms with Crippen molar-refractivity contribution in [2.45, 2.75) is 26.7 Å². The molecular weight excluding hydrogens is 192 g/mol. The topological polar surface area (TPSA) is 43.8 Å². The molecule has 0 aromatic carbocycles. The molecule has 0 radical (unpaired) electrons. The second-order valence-corrected chi connectivity index (χ2v) is 4.20. The Hall–Kier alpha value is -0.770. The predicted octanol–water partition coefficient (Wildman–Crippen LogP) is 1.72. The third-order valence-corrected chi connectivity index (χ3v) is 3.30. The number of amides is 1. The molecule has 1 saturated heterocycles. The van der Waals surface area contributed by atoms with Crippen molar-refractivity contribution in [3.63, 3.8) is 0 Å². The monoisotopic (exact) mass is 214 g/mol. The van der Waals surface area contributed by atoms with Gasteiger partial charge in [0, 0.05) is 13.1 Å². The van der Waals surface area contributed by atoms with Gasteiger partial charge in [-0.3, -0.25) is 0 Å². The number of carboxylic acid groups (broad SMARTS) is 1. The molecular formula is C11H22N2O2. The minimum Gasteiger partial charge on any atom is -0.465 e. The summed E-state index contributed by atoms with van der Waals surface area (Å²) in [7, 11) is 0. The van der Waals surface area contributed by atoms with Crippen LogP contribution in [-0.2, 0) is 0 Å². The zero-order valence-electron chi connectivity index (χ0n) is 9.78. The predicted molar refractivity (Wildman–Crippen MR) is 60.1 cm³/mol. The van der Waals surface area contributed by atoms with Crippen LogP contribution in [0.15, 0.2) is 0 Å². The molecule has 1 fully saturated rings. The van der Waals surface area contributed by atoms with E-state index < -0.39 is 6.09 Å². The zero-order chi connectivity index (χ0) is 11.3. The van der Waals surface area contributed by atoms with Crippen LogP contribution in [0.2, 0.25) is 0 Å². The van der Waals surface area contributed by atoms with Crippen LogP contribution in [0.3, 0.4) is 0 Å². The number of nitrogens with zero attached hydrogens (tertiary/aromatic N) is 2. The molecule has 1 aliphatic rings. The van der Waals surface area contributed by atoms with Gasteiger partial charge >= 0.3 is 6.09 Å². The minimum absolute atomic E-state index is 0.571. The third-order valence-electron chi connectivity index (χ3n) is 3.30. The molecule has 0 bridgehead atoms. The van der Waals surface area contributed by atoms with Gasteiger partial charge in [-0.1, -0.05) is 13.8 Å². The van der Waals surface area contributed by atoms with E-state index in [1.165, 1.54) is 4.90 Å². The molecule has 4 heteroatoms. The van der Waals surface area contributed by atoms with Gasteiger partial charge in [-0.15, -0.1) is 0 Å². The first-order chi connectivity index (χ1) is 7.17. The highest BCUT2D eigenvalue weighted by atomic mass is 16.4. The van der Waals surface area contributed by atoms with Crippen molar-refractivity contribution in [2.24, 2.45) is 5.92 Å². The fraction of sp³-hybridized carbons (Fsp3) is 0.909. The van der Waals surface area contributed by atoms with Crippen LogP contribution in [0.5, 0.6) is 0 Å². The van der Waals surface area contributed by atoms with Gasteiger partial charge in [-0.25, -0.2) is 4.79 Å². The quantitative estimate of drug-likeness (QED) is 0.757. The number of carbonyl (C=O) groups is 1. The van der Waals surface area contributed by atoms with E-state index in [9.17, 15) is 4.79 Å². The lowest BCUT2D eigenvalue weighted by Gasteiger charge is -2.20. The Morgan fingerprint density at radius 3 is 2.60 bits per heavy atom. The van der Waals surface area contributed by atoms with Gasteiger partial charge in [0.15, 0.2) is 0 Å². The molecule has 1 atom stereocenters. The van der Waals surface area contributed by atoms with E-state index in [4.69, 9.17) is 5.11 Å². The van der Waals surface area contributed by atoms with Crippen LogP contribution in [0.4, 0.5) is 4.79 Å². The molecule has 1 heterocycles. The van der Waals surface area contributed by atoms with Crippen molar-refractivity contribution in [1.29, 1.82) is 0 Å². The van der Waals surface area contributed by atoms with E-state index in [1.807, 2.05) is 0 Å². The van der Waals surface area contributed by atoms with Gasteiger partial charge < -0.3 is 14.9 Å². The van der Waals surface area contributed by atoms with E-state index in [-0.39, 0.29) is 0 Å². The first-order valence-electron chi connectivity index (χ1n) is 5.87. The number of hydrogen-bond donors (Lipinski definition) is 1. The summed E-state index contributed by atoms with van der Waals surface area (Å²) in [5, 5.41) is 8.82. The second-order valence-electron chi connectivity index (χ2n) is 4.20. The summed E-state index contributed by atoms with van der Waals surface area (Å²) in [5.74, 6) is 0.571. The molecule has 0 aromatic rings. The summed E-state index contributed by atoms with van der Waals surface area (Å²) in [6.07, 6.45) is 1.40. The average molecular weight is 214 g/mol. The lowest BCUT2D eigenvalue weighted by atomic mass is 10.0. The van der Waals surface area contributed by atoms with Crippen LogP contribution in [0.1, 0.15) is 26.7 Å². The average Bonchev–Trinajstić information content (AvgIpc) is 2.68. The standard InChI is InChI=1S/C11H22N2O2/c1-3-12(4-2)7-5-10-6-8-13(9-10)11(14)15/h10H,3-9H2,1-2H3,(H,14,15). The van der Waals surface area contributed by atoms with E-state index in [0.717, 1.165) is 45.6 Å². The summed E-state index contributed by atoms with van der Waals surface area (Å²) in [6, 6.07) is 0. The number of hydrogen-bond acceptors (Lipinski definition) is 2. The third kappa shape index (κ3) is 3.70. The molecule has 1 aliphatic heterocycles. The Balaban J connectivity index is 2.21. The lowest BCUT2D eigenvalue weighted by molar-refractivity contribution is 0.153. The van der Waals surface area contributed by atoms with Crippen molar-refractivity contribution in [2.75, 3.05) is 32.7 Å². The van der Waals surface area contributed by atoms with E-state index >= 15 is 0 Å². The summed E-state index contributed by atoms with van der Waals surface area (Å²) in [4.78, 5) is 14.6. The maximum absolute atomic E-state index is 10.7. The molecule has 0 aliphatic carbocycles. The van der Waals surface area contributed by atoms with Gasteiger partial charge in [0.05, 0.1) is 0 Å². The Morgan fingerprint density at radius 1 is 1.47 bits per heavy atom. The van der Waals surface area contributed by atoms with Gasteiger partial charge in [-0.05, 0) is 38.4 Å². The summed E-state index contributed by atoms with van der Waals surface area (Å²) < 4.78 is 0. The van der Waals surface area contributed by atoms with Crippen LogP contribution in [0, 0.1) is 5.92 Å². The molecule has 1 unspecified atom stereocenters. The van der Waals surface area contributed by atoms with Crippen molar-refractivity contribution < 1.29 is 9.90 Å². The molecule has 0 spiro atoms. The molecule has 4 nitrogen and oxygen atoms in total. The SMILES string of the molecule is CCN(CC)CCC1CCN(C(=O)O)C1. The molecule has 0 saturated carbocycles. The smallest absolute Gasteiger partial charge is 0.407 e. The minimum atomic E-state index is -0.764. The Bertz CT molecular complexity index is 205. The van der Waals surface area contributed by atoms with Crippen LogP contribution in [0.25, 0.3) is 0 Å². The Kier molecular flexibility index (Phi) is 4.88. The van der Waals surface area contributed by atoms with E-state index in [1.54, 1.807) is 0 Å². The Morgan fingerprint density at radius 2 is 2.13 bits per heavy atom. The number of likely N-dealkylation sites (tertiary alicyclic amines) is 1. The highest BCUT2D eigenvalue weighted by molar-refractivity contribution is 5.65. The number of rotatable bonds is 5. The fourth-order valence-electron chi connectivity index (χ4n) is 2.15. The van der Waals surface area contributed by atoms with Crippen molar-refractivity contribution >= 4 is 6.09 Å². The Labute approximate surface area is 91.9 Å². The second kappa shape index (κ2) is 5.95. The molecule has 1 rings (SSSR count). The highest BCUT2D eigenvalue weighted by Crippen LogP contribution is 2.19. The van der Waals surface area contributed by atoms with Crippen molar-refractivity contribution in [1.82, 2.24) is 9.80 Å². The fourth-order valence-corrected chi connectivity index (χ4v) is 2.15. The summed E-state index contributed by atoms with van der Waals surface area (Å²) in [5.41, 5.74) is 0. The lowest BCUT2D eigenvalue weighted by Crippen LogP contribution is -2.28. The van der Waals surface area contributed by atoms with Gasteiger partial charge in [0.25, 0.3) is 0 Å². The first-order valence-corrected chi connectivity index (χ1v) is 5.87. The zero-order valence-corrected chi connectivity index (χ0v) is 9.78. The molecule has 0 aromatic heterocycles. The molecule has 88 valence electrons. The van der Waals surface area contributed by atoms with Crippen LogP contribution < -0.4 is 0 Å². The first kappa shape index (κ1) is 12.3. The van der Waals surface area contributed by atoms with Gasteiger partial charge in [0.2, 0.25) is 0 Å².